The van der Waals surface area contributed by atoms with Crippen molar-refractivity contribution in [3.8, 4) is 23.0 Å². The molecular weight excluding hydrogens is 649 g/mol. The van der Waals surface area contributed by atoms with Crippen LogP contribution in [0.25, 0.3) is 11.1 Å². The number of nitrogens with one attached hydrogen (secondary N) is 2. The fraction of sp³-hybridized carbons (Fsp3) is 0.0909. The van der Waals surface area contributed by atoms with Gasteiger partial charge in [0, 0.05) is 38.9 Å². The number of phenols is 4. The van der Waals surface area contributed by atoms with Gasteiger partial charge in [-0.2, -0.15) is 0 Å². The number of hydrogen-bond acceptors (Lipinski definition) is 6. The molecule has 6 N–H and O–H groups in total. The van der Waals surface area contributed by atoms with E-state index in [1.54, 1.807) is 48.5 Å². The van der Waals surface area contributed by atoms with Gasteiger partial charge in [-0.25, -0.2) is 0 Å². The Kier molecular flexibility index (Phi) is 7.51. The summed E-state index contributed by atoms with van der Waals surface area (Å²) in [5.74, 6) is 0.296. The Morgan fingerprint density at radius 2 is 0.942 bits per heavy atom. The van der Waals surface area contributed by atoms with Gasteiger partial charge in [0.05, 0.1) is 29.6 Å². The summed E-state index contributed by atoms with van der Waals surface area (Å²) in [5.41, 5.74) is 9.06. The van der Waals surface area contributed by atoms with E-state index in [9.17, 15) is 20.4 Å². The fourth-order valence-electron chi connectivity index (χ4n) is 7.64. The molecule has 52 heavy (non-hydrogen) atoms. The summed E-state index contributed by atoms with van der Waals surface area (Å²) in [6.07, 6.45) is 8.39. The van der Waals surface area contributed by atoms with Crippen LogP contribution in [-0.4, -0.2) is 53.9 Å². The predicted octanol–water partition coefficient (Wildman–Crippen LogP) is 6.30. The van der Waals surface area contributed by atoms with Gasteiger partial charge < -0.3 is 30.4 Å². The number of fused-ring (bicyclic) bond motifs is 6. The summed E-state index contributed by atoms with van der Waals surface area (Å²) in [5, 5.41) is 42.4. The summed E-state index contributed by atoms with van der Waals surface area (Å²) >= 11 is 0. The summed E-state index contributed by atoms with van der Waals surface area (Å²) in [6.45, 7) is 0. The maximum atomic E-state index is 10.2. The fourth-order valence-corrected chi connectivity index (χ4v) is 7.64. The van der Waals surface area contributed by atoms with Crippen molar-refractivity contribution >= 4 is 22.6 Å². The number of nitrogens with zero attached hydrogens (tertiary/aromatic N) is 2. The molecule has 4 aromatic carbocycles. The second-order valence-electron chi connectivity index (χ2n) is 13.4. The van der Waals surface area contributed by atoms with E-state index in [0.717, 1.165) is 66.9 Å². The number of H-pyrrole nitrogens is 2. The summed E-state index contributed by atoms with van der Waals surface area (Å²) < 4.78 is 0. The van der Waals surface area contributed by atoms with Crippen LogP contribution >= 0.6 is 0 Å². The first kappa shape index (κ1) is 31.2. The maximum absolute atomic E-state index is 10.2. The lowest BCUT2D eigenvalue weighted by molar-refractivity contribution is 0.474. The molecule has 0 aliphatic carbocycles. The average Bonchev–Trinajstić information content (AvgIpc) is 3.99. The van der Waals surface area contributed by atoms with Gasteiger partial charge in [-0.15, -0.1) is 0 Å². The van der Waals surface area contributed by atoms with Crippen LogP contribution in [0.3, 0.4) is 0 Å². The van der Waals surface area contributed by atoms with Crippen LogP contribution in [0.2, 0.25) is 0 Å². The molecule has 5 heterocycles. The van der Waals surface area contributed by atoms with Crippen molar-refractivity contribution in [3.05, 3.63) is 190 Å². The molecule has 9 rings (SSSR count). The van der Waals surface area contributed by atoms with Crippen LogP contribution in [0.4, 0.5) is 0 Å². The largest absolute Gasteiger partial charge is 0.508 e. The zero-order valence-corrected chi connectivity index (χ0v) is 27.8. The standard InChI is InChI=1S/C44H34N4O4/c49-29-9-1-25(2-10-29)41-33-17-19-35(45-33)42(26-3-11-30(50)12-4-26)37-21-23-39(47-37)44(28-7-15-32(52)16-8-28)40-24-22-38(48-40)43(36-20-18-34(41)46-36)27-5-13-31(51)14-6-27/h1-24,33,36,41,43,47-52H/b42-37?,44-39-. The van der Waals surface area contributed by atoms with Crippen molar-refractivity contribution in [2.75, 3.05) is 0 Å². The molecule has 2 aromatic heterocycles. The molecule has 4 atom stereocenters. The predicted molar refractivity (Wildman–Crippen MR) is 203 cm³/mol. The summed E-state index contributed by atoms with van der Waals surface area (Å²) in [7, 11) is 0. The van der Waals surface area contributed by atoms with Crippen molar-refractivity contribution in [3.63, 3.8) is 0 Å². The van der Waals surface area contributed by atoms with Crippen molar-refractivity contribution in [2.45, 2.75) is 23.9 Å². The third-order valence-electron chi connectivity index (χ3n) is 10.1. The van der Waals surface area contributed by atoms with Gasteiger partial charge in [-0.3, -0.25) is 9.98 Å². The molecule has 3 aliphatic rings. The highest BCUT2D eigenvalue weighted by atomic mass is 16.3. The zero-order valence-electron chi connectivity index (χ0n) is 27.8. The van der Waals surface area contributed by atoms with Gasteiger partial charge in [0.1, 0.15) is 23.0 Å². The van der Waals surface area contributed by atoms with Crippen molar-refractivity contribution in [1.82, 2.24) is 9.97 Å². The van der Waals surface area contributed by atoms with Gasteiger partial charge in [0.25, 0.3) is 0 Å². The van der Waals surface area contributed by atoms with Crippen LogP contribution in [0.1, 0.15) is 45.5 Å². The molecule has 0 radical (unpaired) electrons. The maximum Gasteiger partial charge on any atom is 0.115 e. The van der Waals surface area contributed by atoms with E-state index in [4.69, 9.17) is 9.98 Å². The molecule has 8 heteroatoms. The van der Waals surface area contributed by atoms with Crippen molar-refractivity contribution < 1.29 is 20.4 Å². The quantitative estimate of drug-likeness (QED) is 0.130. The van der Waals surface area contributed by atoms with E-state index in [2.05, 4.69) is 58.5 Å². The SMILES string of the molecule is Oc1ccc(C2=c3cc/c([nH]3)=C(\c3ccc(O)cc3)c3ccc([nH]3)C(c3ccc(O)cc3)C3C=CC(=N3)C(c3ccc(O)cc3)C3C=CC2=N3)cc1. The number of benzene rings is 4. The number of allylic oxidation sites excluding steroid dienone is 2. The van der Waals surface area contributed by atoms with E-state index in [1.165, 1.54) is 0 Å². The lowest BCUT2D eigenvalue weighted by Gasteiger charge is -2.23. The van der Waals surface area contributed by atoms with Gasteiger partial charge in [0.2, 0.25) is 0 Å². The topological polar surface area (TPSA) is 137 Å². The van der Waals surface area contributed by atoms with Crippen LogP contribution in [0, 0.1) is 0 Å². The number of rotatable bonds is 4. The van der Waals surface area contributed by atoms with E-state index in [0.29, 0.717) is 0 Å². The lowest BCUT2D eigenvalue weighted by Crippen LogP contribution is -2.23. The third kappa shape index (κ3) is 5.60. The molecule has 0 spiro atoms. The first-order chi connectivity index (χ1) is 25.4. The van der Waals surface area contributed by atoms with Crippen molar-refractivity contribution in [1.29, 1.82) is 0 Å². The normalized spacial score (nSPS) is 21.7. The Hall–Kier alpha value is -6.80. The number of phenolic OH excluding ortho intramolecular Hbond substituents is 4. The van der Waals surface area contributed by atoms with Crippen LogP contribution in [0.5, 0.6) is 23.0 Å². The minimum Gasteiger partial charge on any atom is -0.508 e. The molecule has 6 aromatic rings. The van der Waals surface area contributed by atoms with E-state index in [-0.39, 0.29) is 46.9 Å². The molecule has 8 bridgehead atoms. The van der Waals surface area contributed by atoms with Crippen molar-refractivity contribution in [2.24, 2.45) is 9.98 Å². The second-order valence-corrected chi connectivity index (χ2v) is 13.4. The number of aromatic hydroxyl groups is 4. The highest BCUT2D eigenvalue weighted by Crippen LogP contribution is 2.38. The molecule has 0 saturated heterocycles. The van der Waals surface area contributed by atoms with E-state index >= 15 is 0 Å². The Morgan fingerprint density at radius 3 is 1.56 bits per heavy atom. The Labute approximate surface area is 299 Å². The molecule has 3 aliphatic heterocycles. The Balaban J connectivity index is 1.34. The average molecular weight is 683 g/mol. The van der Waals surface area contributed by atoms with E-state index < -0.39 is 0 Å². The molecule has 254 valence electrons. The Morgan fingerprint density at radius 1 is 0.442 bits per heavy atom. The lowest BCUT2D eigenvalue weighted by atomic mass is 9.87. The van der Waals surface area contributed by atoms with Gasteiger partial charge >= 0.3 is 0 Å². The summed E-state index contributed by atoms with van der Waals surface area (Å²) in [4.78, 5) is 18.2. The smallest absolute Gasteiger partial charge is 0.115 e. The second kappa shape index (κ2) is 12.5. The molecule has 0 amide bonds. The summed E-state index contributed by atoms with van der Waals surface area (Å²) in [6, 6.07) is 36.6. The number of aliphatic imine (C=N–C) groups is 2. The minimum atomic E-state index is -0.292. The number of hydrogen-bond donors (Lipinski definition) is 6. The first-order valence-corrected chi connectivity index (χ1v) is 17.2. The molecule has 0 saturated carbocycles. The van der Waals surface area contributed by atoms with Crippen LogP contribution in [-0.2, 0) is 0 Å². The third-order valence-corrected chi connectivity index (χ3v) is 10.1. The zero-order chi connectivity index (χ0) is 35.3. The highest BCUT2D eigenvalue weighted by molar-refractivity contribution is 6.29. The van der Waals surface area contributed by atoms with Crippen LogP contribution in [0.15, 0.2) is 156 Å². The molecule has 4 unspecified atom stereocenters. The number of aromatic amines is 2. The van der Waals surface area contributed by atoms with Gasteiger partial charge in [-0.1, -0.05) is 60.7 Å². The monoisotopic (exact) mass is 682 g/mol. The van der Waals surface area contributed by atoms with Gasteiger partial charge in [0.15, 0.2) is 0 Å². The Bertz CT molecular complexity index is 2550. The minimum absolute atomic E-state index is 0.176. The molecular formula is C44H34N4O4. The molecule has 0 fully saturated rings. The van der Waals surface area contributed by atoms with Crippen LogP contribution < -0.4 is 10.7 Å². The number of aromatic nitrogens is 2. The highest BCUT2D eigenvalue weighted by Gasteiger charge is 2.34. The van der Waals surface area contributed by atoms with Gasteiger partial charge in [-0.05, 0) is 107 Å². The first-order valence-electron chi connectivity index (χ1n) is 17.2. The van der Waals surface area contributed by atoms with E-state index in [1.807, 2.05) is 48.5 Å². The molecule has 8 nitrogen and oxygen atoms in total.